The van der Waals surface area contributed by atoms with E-state index in [9.17, 15) is 10.2 Å². The zero-order valence-corrected chi connectivity index (χ0v) is 29.8. The van der Waals surface area contributed by atoms with Crippen molar-refractivity contribution < 1.29 is 19.7 Å². The Morgan fingerprint density at radius 1 is 0.604 bits per heavy atom. The van der Waals surface area contributed by atoms with Crippen LogP contribution in [0.1, 0.15) is 102 Å². The number of hydrogen-bond donors (Lipinski definition) is 2. The third-order valence-corrected chi connectivity index (χ3v) is 11.4. The normalized spacial score (nSPS) is 25.0. The number of likely N-dealkylation sites (tertiary alicyclic amines) is 2. The lowest BCUT2D eigenvalue weighted by Crippen LogP contribution is -2.50. The Morgan fingerprint density at radius 2 is 1.08 bits per heavy atom. The molecule has 2 saturated carbocycles. The molecule has 4 fully saturated rings. The van der Waals surface area contributed by atoms with Crippen LogP contribution in [0.2, 0.25) is 0 Å². The van der Waals surface area contributed by atoms with Gasteiger partial charge in [-0.05, 0) is 129 Å². The third-order valence-electron chi connectivity index (χ3n) is 11.4. The highest BCUT2D eigenvalue weighted by Crippen LogP contribution is 2.51. The van der Waals surface area contributed by atoms with Gasteiger partial charge in [-0.15, -0.1) is 0 Å². The molecule has 2 aromatic carbocycles. The highest BCUT2D eigenvalue weighted by molar-refractivity contribution is 5.83. The monoisotopic (exact) mass is 658 g/mol. The van der Waals surface area contributed by atoms with E-state index >= 15 is 0 Å². The molecule has 6 nitrogen and oxygen atoms in total. The van der Waals surface area contributed by atoms with Crippen molar-refractivity contribution in [1.82, 2.24) is 9.80 Å². The fraction of sp³-hybridized carbons (Fsp3) is 0.667. The molecule has 264 valence electrons. The molecule has 0 amide bonds. The van der Waals surface area contributed by atoms with Crippen LogP contribution in [-0.2, 0) is 0 Å². The van der Waals surface area contributed by atoms with Crippen LogP contribution < -0.4 is 9.47 Å². The second-order valence-corrected chi connectivity index (χ2v) is 15.7. The summed E-state index contributed by atoms with van der Waals surface area (Å²) < 4.78 is 12.4. The Balaban J connectivity index is 1.04. The third kappa shape index (κ3) is 9.87. The molecular formula is C42H62N2O4. The highest BCUT2D eigenvalue weighted by atomic mass is 16.5. The Labute approximate surface area is 290 Å². The van der Waals surface area contributed by atoms with Crippen molar-refractivity contribution in [2.75, 3.05) is 52.5 Å². The summed E-state index contributed by atoms with van der Waals surface area (Å²) in [6.45, 7) is 12.1. The van der Waals surface area contributed by atoms with Crippen molar-refractivity contribution in [1.29, 1.82) is 0 Å². The summed E-state index contributed by atoms with van der Waals surface area (Å²) in [6, 6.07) is 17.9. The summed E-state index contributed by atoms with van der Waals surface area (Å²) in [4.78, 5) is 4.67. The standard InChI is InChI=1S/C42H62N2O4/c1-31-23-33-25-32(2)41(36(24-31)26-33)42(34-11-15-39(16-12-34)47-21-9-5-3-7-19-43-27-37(45)28-43)35-13-17-40(18-14-35)48-22-10-6-4-8-20-44-29-38(46)30-44/h11-18,31-33,36-38,45-46H,3-10,19-30H2,1-2H3. The first-order chi connectivity index (χ1) is 23.4. The fourth-order valence-corrected chi connectivity index (χ4v) is 9.02. The van der Waals surface area contributed by atoms with Gasteiger partial charge in [-0.2, -0.15) is 0 Å². The van der Waals surface area contributed by atoms with E-state index in [4.69, 9.17) is 9.47 Å². The summed E-state index contributed by atoms with van der Waals surface area (Å²) in [5.41, 5.74) is 5.71. The van der Waals surface area contributed by atoms with Crippen molar-refractivity contribution >= 4 is 5.57 Å². The quantitative estimate of drug-likeness (QED) is 0.159. The van der Waals surface area contributed by atoms with Crippen LogP contribution in [0, 0.1) is 23.7 Å². The van der Waals surface area contributed by atoms with Crippen LogP contribution in [-0.4, -0.2) is 84.7 Å². The first kappa shape index (κ1) is 35.4. The molecule has 0 aromatic heterocycles. The predicted octanol–water partition coefficient (Wildman–Crippen LogP) is 7.81. The number of unbranched alkanes of at least 4 members (excludes halogenated alkanes) is 6. The first-order valence-corrected chi connectivity index (χ1v) is 19.4. The minimum atomic E-state index is -0.0970. The SMILES string of the molecule is CC1CC2CC(C)C(=C(c3ccc(OCCCCCCN4CC(O)C4)cc3)c3ccc(OCCCCCCN4CC(O)C4)cc3)C(C1)C2. The van der Waals surface area contributed by atoms with E-state index in [1.54, 1.807) is 5.57 Å². The number of aliphatic hydroxyl groups excluding tert-OH is 2. The molecule has 4 atom stereocenters. The topological polar surface area (TPSA) is 65.4 Å². The minimum absolute atomic E-state index is 0.0970. The zero-order valence-electron chi connectivity index (χ0n) is 29.8. The summed E-state index contributed by atoms with van der Waals surface area (Å²) in [7, 11) is 0. The van der Waals surface area contributed by atoms with Crippen molar-refractivity contribution in [2.24, 2.45) is 23.7 Å². The van der Waals surface area contributed by atoms with Crippen molar-refractivity contribution in [3.63, 3.8) is 0 Å². The smallest absolute Gasteiger partial charge is 0.119 e. The molecule has 2 aliphatic heterocycles. The Hall–Kier alpha value is -2.38. The number of aliphatic hydroxyl groups is 2. The summed E-state index contributed by atoms with van der Waals surface area (Å²) in [6.07, 6.45) is 14.6. The van der Waals surface area contributed by atoms with E-state index in [2.05, 4.69) is 72.2 Å². The van der Waals surface area contributed by atoms with Gasteiger partial charge in [0.2, 0.25) is 0 Å². The highest BCUT2D eigenvalue weighted by Gasteiger charge is 2.38. The summed E-state index contributed by atoms with van der Waals surface area (Å²) >= 11 is 0. The van der Waals surface area contributed by atoms with Gasteiger partial charge < -0.3 is 19.7 Å². The van der Waals surface area contributed by atoms with E-state index in [0.29, 0.717) is 11.8 Å². The summed E-state index contributed by atoms with van der Waals surface area (Å²) in [5.74, 6) is 4.86. The van der Waals surface area contributed by atoms with Gasteiger partial charge in [0.05, 0.1) is 25.4 Å². The Morgan fingerprint density at radius 3 is 1.56 bits per heavy atom. The molecule has 0 spiro atoms. The molecule has 6 heteroatoms. The van der Waals surface area contributed by atoms with Crippen LogP contribution in [0.15, 0.2) is 54.1 Å². The van der Waals surface area contributed by atoms with Crippen molar-refractivity contribution in [3.8, 4) is 11.5 Å². The van der Waals surface area contributed by atoms with E-state index in [0.717, 1.165) is 88.7 Å². The molecule has 4 aliphatic rings. The van der Waals surface area contributed by atoms with Gasteiger partial charge in [-0.25, -0.2) is 0 Å². The van der Waals surface area contributed by atoms with Crippen LogP contribution in [0.4, 0.5) is 0 Å². The minimum Gasteiger partial charge on any atom is -0.494 e. The molecule has 48 heavy (non-hydrogen) atoms. The maximum absolute atomic E-state index is 9.44. The number of benzene rings is 2. The lowest BCUT2D eigenvalue weighted by Gasteiger charge is -2.44. The van der Waals surface area contributed by atoms with Crippen molar-refractivity contribution in [2.45, 2.75) is 103 Å². The van der Waals surface area contributed by atoms with E-state index in [1.807, 2.05) is 0 Å². The summed E-state index contributed by atoms with van der Waals surface area (Å²) in [5, 5.41) is 18.9. The van der Waals surface area contributed by atoms with E-state index in [-0.39, 0.29) is 12.2 Å². The van der Waals surface area contributed by atoms with Gasteiger partial charge >= 0.3 is 0 Å². The first-order valence-electron chi connectivity index (χ1n) is 19.4. The van der Waals surface area contributed by atoms with Gasteiger partial charge in [-0.1, -0.05) is 69.4 Å². The van der Waals surface area contributed by atoms with Crippen molar-refractivity contribution in [3.05, 3.63) is 65.2 Å². The number of fused-ring (bicyclic) bond motifs is 2. The van der Waals surface area contributed by atoms with E-state index < -0.39 is 0 Å². The second-order valence-electron chi connectivity index (χ2n) is 15.7. The van der Waals surface area contributed by atoms with Gasteiger partial charge in [0.1, 0.15) is 11.5 Å². The molecule has 2 heterocycles. The number of rotatable bonds is 18. The van der Waals surface area contributed by atoms with Gasteiger partial charge in [0.25, 0.3) is 0 Å². The largest absolute Gasteiger partial charge is 0.494 e. The number of allylic oxidation sites excluding steroid dienone is 1. The fourth-order valence-electron chi connectivity index (χ4n) is 9.02. The molecule has 2 N–H and O–H groups in total. The number of nitrogens with zero attached hydrogens (tertiary/aromatic N) is 2. The van der Waals surface area contributed by atoms with Gasteiger partial charge in [0, 0.05) is 26.2 Å². The van der Waals surface area contributed by atoms with Crippen LogP contribution in [0.5, 0.6) is 11.5 Å². The van der Waals surface area contributed by atoms with Gasteiger partial charge in [-0.3, -0.25) is 9.80 Å². The lowest BCUT2D eigenvalue weighted by atomic mass is 9.61. The second kappa shape index (κ2) is 17.5. The van der Waals surface area contributed by atoms with Crippen LogP contribution in [0.3, 0.4) is 0 Å². The van der Waals surface area contributed by atoms with Gasteiger partial charge in [0.15, 0.2) is 0 Å². The molecule has 4 unspecified atom stereocenters. The maximum Gasteiger partial charge on any atom is 0.119 e. The average molecular weight is 659 g/mol. The maximum atomic E-state index is 9.44. The zero-order chi connectivity index (χ0) is 33.3. The molecular weight excluding hydrogens is 596 g/mol. The average Bonchev–Trinajstić information content (AvgIpc) is 3.04. The van der Waals surface area contributed by atoms with E-state index in [1.165, 1.54) is 80.9 Å². The molecule has 2 saturated heterocycles. The number of ether oxygens (including phenoxy) is 2. The molecule has 2 aliphatic carbocycles. The molecule has 0 radical (unpaired) electrons. The predicted molar refractivity (Wildman–Crippen MR) is 196 cm³/mol. The molecule has 2 aromatic rings. The Bertz CT molecular complexity index is 1200. The lowest BCUT2D eigenvalue weighted by molar-refractivity contribution is 0.00126. The van der Waals surface area contributed by atoms with Crippen LogP contribution >= 0.6 is 0 Å². The van der Waals surface area contributed by atoms with Crippen LogP contribution in [0.25, 0.3) is 5.57 Å². The Kier molecular flexibility index (Phi) is 12.9. The molecule has 2 bridgehead atoms. The number of hydrogen-bond acceptors (Lipinski definition) is 6. The molecule has 6 rings (SSSR count). The number of β-amino-alcohol motifs (C(OH)–C–C–N with tert-alkyl or cyclic N) is 2.